The number of rotatable bonds is 11. The van der Waals surface area contributed by atoms with Crippen molar-refractivity contribution in [2.75, 3.05) is 27.8 Å². The number of anilines is 6. The van der Waals surface area contributed by atoms with Gasteiger partial charge < -0.3 is 23.5 Å². The van der Waals surface area contributed by atoms with E-state index in [4.69, 9.17) is 13.8 Å². The summed E-state index contributed by atoms with van der Waals surface area (Å²) in [5.41, 5.74) is 19.6. The summed E-state index contributed by atoms with van der Waals surface area (Å²) in [5, 5.41) is 18.8. The fourth-order valence-electron chi connectivity index (χ4n) is 17.9. The summed E-state index contributed by atoms with van der Waals surface area (Å²) in [6.07, 6.45) is 11.1. The first-order valence-corrected chi connectivity index (χ1v) is 37.1. The molecular formula is C101H67N5O2. The zero-order valence-electron chi connectivity index (χ0n) is 59.4. The van der Waals surface area contributed by atoms with Gasteiger partial charge in [0.2, 0.25) is 5.69 Å². The Hall–Kier alpha value is -14.1. The third-order valence-corrected chi connectivity index (χ3v) is 22.4. The molecule has 7 heteroatoms. The van der Waals surface area contributed by atoms with E-state index in [1.54, 1.807) is 0 Å². The molecule has 0 spiro atoms. The van der Waals surface area contributed by atoms with Gasteiger partial charge in [-0.2, -0.15) is 0 Å². The average molecular weight is 1380 g/mol. The van der Waals surface area contributed by atoms with Crippen LogP contribution in [0.4, 0.5) is 45.5 Å². The normalized spacial score (nSPS) is 13.3. The Kier molecular flexibility index (Phi) is 14.5. The highest BCUT2D eigenvalue weighted by atomic mass is 16.3. The minimum absolute atomic E-state index is 0.0420. The van der Waals surface area contributed by atoms with Gasteiger partial charge in [-0.05, 0) is 138 Å². The van der Waals surface area contributed by atoms with E-state index in [2.05, 4.69) is 367 Å². The third kappa shape index (κ3) is 9.70. The summed E-state index contributed by atoms with van der Waals surface area (Å²) in [4.78, 5) is 17.5. The summed E-state index contributed by atoms with van der Waals surface area (Å²) in [6.45, 7) is 15.2. The molecule has 0 saturated heterocycles. The van der Waals surface area contributed by atoms with Crippen LogP contribution in [0, 0.1) is 6.57 Å². The standard InChI is InChI=1S/C101H67N5O2/c1-62(2)90-82-61-85(102-3)100-94(81-49-29-51-87(99(81)108-100)106(88-58-66-35-15-17-40-70(66)72-41-18-19-43-75(72)88)97-78-46-22-20-44-76(78)91(64-31-8-4-9-32-64)77-45-21-23-47-79(77)97)93(82)95-84(98(90)104-55-26-7-27-56-104)60-83(96(65-33-10-5-11-34-65)103-67-37-12-6-13-38-67)92-80-53-52-68(59-89(80)107-101(92)95)105-57-54-73(74-42-24-25-50-86(74)105)71-48-28-36-63-30-14-16-39-69(63)71/h4-55,58-62H,56-57H2,1-2H3. The molecular weight excluding hydrogens is 1320 g/mol. The van der Waals surface area contributed by atoms with Gasteiger partial charge in [-0.1, -0.05) is 281 Å². The first-order chi connectivity index (χ1) is 53.4. The molecule has 0 amide bonds. The van der Waals surface area contributed by atoms with Crippen LogP contribution in [-0.4, -0.2) is 18.8 Å². The van der Waals surface area contributed by atoms with E-state index in [0.717, 1.165) is 154 Å². The molecule has 17 aromatic carbocycles. The van der Waals surface area contributed by atoms with Gasteiger partial charge in [0, 0.05) is 107 Å². The van der Waals surface area contributed by atoms with Gasteiger partial charge in [-0.25, -0.2) is 9.84 Å². The maximum absolute atomic E-state index is 9.39. The molecule has 2 aliphatic rings. The van der Waals surface area contributed by atoms with Crippen molar-refractivity contribution in [2.24, 2.45) is 4.99 Å². The summed E-state index contributed by atoms with van der Waals surface area (Å²) in [7, 11) is 0. The van der Waals surface area contributed by atoms with Crippen LogP contribution in [0.15, 0.2) is 354 Å². The number of para-hydroxylation sites is 3. The number of nitrogens with zero attached hydrogens (tertiary/aromatic N) is 5. The quantitative estimate of drug-likeness (QED) is 0.0559. The van der Waals surface area contributed by atoms with Gasteiger partial charge in [0.1, 0.15) is 16.7 Å². The van der Waals surface area contributed by atoms with Crippen molar-refractivity contribution >= 4 is 176 Å². The van der Waals surface area contributed by atoms with Gasteiger partial charge in [-0.3, -0.25) is 0 Å². The maximum Gasteiger partial charge on any atom is 0.230 e. The maximum atomic E-state index is 9.39. The number of hydrogen-bond acceptors (Lipinski definition) is 6. The van der Waals surface area contributed by atoms with Crippen LogP contribution < -0.4 is 14.7 Å². The van der Waals surface area contributed by atoms with Crippen LogP contribution in [0.25, 0.3) is 141 Å². The van der Waals surface area contributed by atoms with E-state index in [-0.39, 0.29) is 5.92 Å². The van der Waals surface area contributed by atoms with Gasteiger partial charge in [0.25, 0.3) is 0 Å². The smallest absolute Gasteiger partial charge is 0.230 e. The molecule has 508 valence electrons. The number of fused-ring (bicyclic) bond motifs is 18. The monoisotopic (exact) mass is 1380 g/mol. The molecule has 0 atom stereocenters. The number of aliphatic imine (C=N–C) groups is 1. The lowest BCUT2D eigenvalue weighted by atomic mass is 9.84. The average Bonchev–Trinajstić information content (AvgIpc) is 1.48. The third-order valence-electron chi connectivity index (χ3n) is 22.4. The number of allylic oxidation sites excluding steroid dienone is 2. The van der Waals surface area contributed by atoms with Crippen molar-refractivity contribution in [3.63, 3.8) is 0 Å². The van der Waals surface area contributed by atoms with Crippen molar-refractivity contribution < 1.29 is 8.83 Å². The summed E-state index contributed by atoms with van der Waals surface area (Å²) < 4.78 is 15.8. The minimum atomic E-state index is -0.0420. The zero-order chi connectivity index (χ0) is 71.7. The van der Waals surface area contributed by atoms with E-state index in [0.29, 0.717) is 35.5 Å². The number of hydrogen-bond donors (Lipinski definition) is 0. The van der Waals surface area contributed by atoms with Crippen molar-refractivity contribution in [3.05, 3.63) is 379 Å². The van der Waals surface area contributed by atoms with Crippen LogP contribution in [0.5, 0.6) is 0 Å². The molecule has 2 aliphatic heterocycles. The summed E-state index contributed by atoms with van der Waals surface area (Å²) in [6, 6.07) is 111. The first-order valence-electron chi connectivity index (χ1n) is 37.1. The Bertz CT molecular complexity index is 7110. The molecule has 0 saturated carbocycles. The molecule has 0 bridgehead atoms. The molecule has 0 N–H and O–H groups in total. The van der Waals surface area contributed by atoms with Crippen LogP contribution in [0.2, 0.25) is 0 Å². The van der Waals surface area contributed by atoms with E-state index in [1.165, 1.54) is 38.4 Å². The van der Waals surface area contributed by atoms with E-state index in [9.17, 15) is 6.57 Å². The Balaban J connectivity index is 0.903. The SMILES string of the molecule is [C-]#[N+]c1cc2c(C(C)C)c(N3C=CC=CC3)c3cc(C(=Nc4ccccc4)c4ccccc4)c4c5ccc(N6CC=C(c7cccc8ccccc78)c7ccccc76)cc5oc4c3c2c2c1oc1c(N(c3c4ccccc4c(-c4ccccc4)c4ccccc34)c3cc4ccccc4c4ccccc34)cccc12. The molecule has 0 fully saturated rings. The zero-order valence-corrected chi connectivity index (χ0v) is 59.4. The lowest BCUT2D eigenvalue weighted by molar-refractivity contribution is 0.671. The fraction of sp³-hybridized carbons (Fsp3) is 0.0495. The number of benzene rings is 17. The van der Waals surface area contributed by atoms with Crippen molar-refractivity contribution in [3.8, 4) is 11.1 Å². The second-order valence-corrected chi connectivity index (χ2v) is 28.7. The summed E-state index contributed by atoms with van der Waals surface area (Å²) in [5.74, 6) is -0.0420. The van der Waals surface area contributed by atoms with Crippen molar-refractivity contribution in [2.45, 2.75) is 19.8 Å². The molecule has 2 aromatic heterocycles. The van der Waals surface area contributed by atoms with Crippen LogP contribution in [0.1, 0.15) is 47.6 Å². The molecule has 4 heterocycles. The van der Waals surface area contributed by atoms with Crippen molar-refractivity contribution in [1.82, 2.24) is 0 Å². The van der Waals surface area contributed by atoms with Gasteiger partial charge in [-0.15, -0.1) is 0 Å². The Morgan fingerprint density at radius 3 is 1.83 bits per heavy atom. The predicted octanol–water partition coefficient (Wildman–Crippen LogP) is 28.0. The van der Waals surface area contributed by atoms with Crippen LogP contribution >= 0.6 is 0 Å². The second kappa shape index (κ2) is 25.1. The highest BCUT2D eigenvalue weighted by Gasteiger charge is 2.34. The van der Waals surface area contributed by atoms with Gasteiger partial charge in [0.05, 0.1) is 40.7 Å². The molecule has 0 radical (unpaired) electrons. The second-order valence-electron chi connectivity index (χ2n) is 28.7. The molecule has 0 aliphatic carbocycles. The highest BCUT2D eigenvalue weighted by molar-refractivity contribution is 6.40. The molecule has 7 nitrogen and oxygen atoms in total. The fourth-order valence-corrected chi connectivity index (χ4v) is 17.9. The Labute approximate surface area is 623 Å². The molecule has 108 heavy (non-hydrogen) atoms. The lowest BCUT2D eigenvalue weighted by Crippen LogP contribution is -2.22. The minimum Gasteiger partial charge on any atom is -0.465 e. The Morgan fingerprint density at radius 1 is 0.454 bits per heavy atom. The van der Waals surface area contributed by atoms with E-state index in [1.807, 2.05) is 6.07 Å². The van der Waals surface area contributed by atoms with Crippen molar-refractivity contribution in [1.29, 1.82) is 0 Å². The van der Waals surface area contributed by atoms with Crippen LogP contribution in [0.3, 0.4) is 0 Å². The lowest BCUT2D eigenvalue weighted by Gasteiger charge is -2.31. The molecule has 21 rings (SSSR count). The molecule has 0 unspecified atom stereocenters. The van der Waals surface area contributed by atoms with E-state index >= 15 is 0 Å². The van der Waals surface area contributed by atoms with Crippen LogP contribution in [-0.2, 0) is 0 Å². The highest BCUT2D eigenvalue weighted by Crippen LogP contribution is 2.57. The topological polar surface area (TPSA) is 52.7 Å². The Morgan fingerprint density at radius 2 is 1.08 bits per heavy atom. The first kappa shape index (κ1) is 62.5. The number of furan rings is 2. The van der Waals surface area contributed by atoms with Gasteiger partial charge in [0.15, 0.2) is 5.58 Å². The largest absolute Gasteiger partial charge is 0.465 e. The molecule has 19 aromatic rings. The van der Waals surface area contributed by atoms with E-state index < -0.39 is 0 Å². The summed E-state index contributed by atoms with van der Waals surface area (Å²) >= 11 is 0. The van der Waals surface area contributed by atoms with Gasteiger partial charge >= 0.3 is 0 Å². The predicted molar refractivity (Wildman–Crippen MR) is 455 cm³/mol.